The smallest absolute Gasteiger partial charge is 0.267 e. The minimum absolute atomic E-state index is 0.00333. The summed E-state index contributed by atoms with van der Waals surface area (Å²) >= 11 is 0. The van der Waals surface area contributed by atoms with Crippen molar-refractivity contribution in [1.82, 2.24) is 14.5 Å². The SMILES string of the molecule is C=CC(=O)N1CCC(C2CCCn3c2nc(-c2ccc(OC)cc2)c3C(N)=O)CC1. The molecule has 0 radical (unpaired) electrons. The summed E-state index contributed by atoms with van der Waals surface area (Å²) in [6.07, 6.45) is 5.27. The highest BCUT2D eigenvalue weighted by molar-refractivity contribution is 5.97. The molecule has 1 aromatic heterocycles. The van der Waals surface area contributed by atoms with Gasteiger partial charge in [-0.15, -0.1) is 0 Å². The molecule has 30 heavy (non-hydrogen) atoms. The van der Waals surface area contributed by atoms with Crippen molar-refractivity contribution in [3.8, 4) is 17.0 Å². The van der Waals surface area contributed by atoms with Crippen LogP contribution in [0.3, 0.4) is 0 Å². The van der Waals surface area contributed by atoms with E-state index in [2.05, 4.69) is 6.58 Å². The molecule has 4 rings (SSSR count). The highest BCUT2D eigenvalue weighted by Crippen LogP contribution is 2.41. The van der Waals surface area contributed by atoms with Crippen molar-refractivity contribution >= 4 is 11.8 Å². The molecule has 3 heterocycles. The number of primary amides is 1. The fourth-order valence-electron chi connectivity index (χ4n) is 4.88. The van der Waals surface area contributed by atoms with Crippen LogP contribution in [-0.2, 0) is 11.3 Å². The van der Waals surface area contributed by atoms with Gasteiger partial charge in [-0.1, -0.05) is 6.58 Å². The third-order valence-electron chi connectivity index (χ3n) is 6.42. The number of nitrogens with two attached hydrogens (primary N) is 1. The number of piperidine rings is 1. The van der Waals surface area contributed by atoms with Crippen LogP contribution >= 0.6 is 0 Å². The molecule has 1 atom stereocenters. The molecular weight excluding hydrogens is 380 g/mol. The zero-order chi connectivity index (χ0) is 21.3. The van der Waals surface area contributed by atoms with E-state index in [0.717, 1.165) is 62.5 Å². The Labute approximate surface area is 176 Å². The molecular formula is C23H28N4O3. The second-order valence-corrected chi connectivity index (χ2v) is 8.03. The van der Waals surface area contributed by atoms with Crippen LogP contribution in [0, 0.1) is 5.92 Å². The molecule has 0 aliphatic carbocycles. The van der Waals surface area contributed by atoms with Gasteiger partial charge < -0.3 is 19.9 Å². The van der Waals surface area contributed by atoms with Crippen LogP contribution in [0.15, 0.2) is 36.9 Å². The third kappa shape index (κ3) is 3.60. The molecule has 2 aliphatic heterocycles. The van der Waals surface area contributed by atoms with Crippen molar-refractivity contribution in [2.75, 3.05) is 20.2 Å². The molecule has 1 saturated heterocycles. The Morgan fingerprint density at radius 2 is 1.87 bits per heavy atom. The van der Waals surface area contributed by atoms with E-state index >= 15 is 0 Å². The number of fused-ring (bicyclic) bond motifs is 1. The van der Waals surface area contributed by atoms with Gasteiger partial charge in [0.25, 0.3) is 5.91 Å². The number of methoxy groups -OCH3 is 1. The summed E-state index contributed by atoms with van der Waals surface area (Å²) in [5.41, 5.74) is 7.78. The molecule has 0 saturated carbocycles. The number of aromatic nitrogens is 2. The van der Waals surface area contributed by atoms with Crippen LogP contribution in [0.2, 0.25) is 0 Å². The Morgan fingerprint density at radius 1 is 1.17 bits per heavy atom. The number of hydrogen-bond donors (Lipinski definition) is 1. The lowest BCUT2D eigenvalue weighted by atomic mass is 9.79. The maximum Gasteiger partial charge on any atom is 0.267 e. The van der Waals surface area contributed by atoms with Gasteiger partial charge in [0.1, 0.15) is 23.0 Å². The molecule has 7 nitrogen and oxygen atoms in total. The van der Waals surface area contributed by atoms with E-state index in [0.29, 0.717) is 17.3 Å². The van der Waals surface area contributed by atoms with Crippen molar-refractivity contribution in [3.63, 3.8) is 0 Å². The predicted octanol–water partition coefficient (Wildman–Crippen LogP) is 2.96. The molecule has 1 aromatic carbocycles. The van der Waals surface area contributed by atoms with Gasteiger partial charge in [0.15, 0.2) is 0 Å². The molecule has 2 aliphatic rings. The first-order valence-electron chi connectivity index (χ1n) is 10.5. The van der Waals surface area contributed by atoms with Crippen LogP contribution < -0.4 is 10.5 Å². The Kier molecular flexibility index (Phi) is 5.61. The number of likely N-dealkylation sites (tertiary alicyclic amines) is 1. The summed E-state index contributed by atoms with van der Waals surface area (Å²) in [4.78, 5) is 31.1. The van der Waals surface area contributed by atoms with Gasteiger partial charge >= 0.3 is 0 Å². The monoisotopic (exact) mass is 408 g/mol. The summed E-state index contributed by atoms with van der Waals surface area (Å²) in [5.74, 6) is 1.95. The first kappa shape index (κ1) is 20.2. The molecule has 2 amide bonds. The number of carbonyl (C=O) groups is 2. The number of rotatable bonds is 5. The van der Waals surface area contributed by atoms with Crippen LogP contribution in [0.4, 0.5) is 0 Å². The molecule has 0 bridgehead atoms. The Bertz CT molecular complexity index is 956. The summed E-state index contributed by atoms with van der Waals surface area (Å²) in [6, 6.07) is 7.55. The molecule has 2 aromatic rings. The first-order chi connectivity index (χ1) is 14.5. The molecule has 1 fully saturated rings. The second kappa shape index (κ2) is 8.34. The van der Waals surface area contributed by atoms with Gasteiger partial charge in [-0.05, 0) is 61.9 Å². The summed E-state index contributed by atoms with van der Waals surface area (Å²) in [6.45, 7) is 5.81. The number of carbonyl (C=O) groups excluding carboxylic acids is 2. The molecule has 0 spiro atoms. The highest BCUT2D eigenvalue weighted by atomic mass is 16.5. The number of imidazole rings is 1. The van der Waals surface area contributed by atoms with Gasteiger partial charge in [-0.2, -0.15) is 0 Å². The minimum atomic E-state index is -0.452. The van der Waals surface area contributed by atoms with E-state index in [-0.39, 0.29) is 11.8 Å². The topological polar surface area (TPSA) is 90.4 Å². The first-order valence-corrected chi connectivity index (χ1v) is 10.5. The van der Waals surface area contributed by atoms with Crippen LogP contribution in [0.5, 0.6) is 5.75 Å². The molecule has 158 valence electrons. The summed E-state index contributed by atoms with van der Waals surface area (Å²) < 4.78 is 7.27. The van der Waals surface area contributed by atoms with E-state index in [4.69, 9.17) is 15.5 Å². The van der Waals surface area contributed by atoms with Crippen molar-refractivity contribution in [2.45, 2.75) is 38.1 Å². The van der Waals surface area contributed by atoms with Gasteiger partial charge in [0.05, 0.1) is 7.11 Å². The Balaban J connectivity index is 1.66. The fourth-order valence-corrected chi connectivity index (χ4v) is 4.88. The quantitative estimate of drug-likeness (QED) is 0.770. The Hall–Kier alpha value is -3.09. The average molecular weight is 409 g/mol. The zero-order valence-electron chi connectivity index (χ0n) is 17.3. The van der Waals surface area contributed by atoms with E-state index in [1.54, 1.807) is 7.11 Å². The maximum absolute atomic E-state index is 12.4. The van der Waals surface area contributed by atoms with Gasteiger partial charge in [0, 0.05) is 31.1 Å². The Morgan fingerprint density at radius 3 is 2.47 bits per heavy atom. The molecule has 2 N–H and O–H groups in total. The fraction of sp³-hybridized carbons (Fsp3) is 0.435. The van der Waals surface area contributed by atoms with E-state index < -0.39 is 5.91 Å². The van der Waals surface area contributed by atoms with Crippen molar-refractivity contribution < 1.29 is 14.3 Å². The number of ether oxygens (including phenoxy) is 1. The van der Waals surface area contributed by atoms with Gasteiger partial charge in [-0.25, -0.2) is 4.98 Å². The lowest BCUT2D eigenvalue weighted by molar-refractivity contribution is -0.127. The van der Waals surface area contributed by atoms with Crippen LogP contribution in [0.1, 0.15) is 47.9 Å². The maximum atomic E-state index is 12.4. The van der Waals surface area contributed by atoms with Gasteiger partial charge in [-0.3, -0.25) is 9.59 Å². The number of amides is 2. The average Bonchev–Trinajstić information content (AvgIpc) is 3.18. The van der Waals surface area contributed by atoms with E-state index in [1.807, 2.05) is 33.7 Å². The van der Waals surface area contributed by atoms with Gasteiger partial charge in [0.2, 0.25) is 5.91 Å². The summed E-state index contributed by atoms with van der Waals surface area (Å²) in [7, 11) is 1.62. The number of hydrogen-bond acceptors (Lipinski definition) is 4. The second-order valence-electron chi connectivity index (χ2n) is 8.03. The molecule has 7 heteroatoms. The predicted molar refractivity (Wildman–Crippen MR) is 114 cm³/mol. The summed E-state index contributed by atoms with van der Waals surface area (Å²) in [5, 5.41) is 0. The van der Waals surface area contributed by atoms with Crippen LogP contribution in [-0.4, -0.2) is 46.5 Å². The standard InChI is InChI=1S/C23H28N4O3/c1-3-19(28)26-13-10-15(11-14-26)18-5-4-12-27-21(22(24)29)20(25-23(18)27)16-6-8-17(30-2)9-7-16/h3,6-9,15,18H,1,4-5,10-14H2,2H3,(H2,24,29). The van der Waals surface area contributed by atoms with Crippen molar-refractivity contribution in [3.05, 3.63) is 48.4 Å². The van der Waals surface area contributed by atoms with Crippen molar-refractivity contribution in [1.29, 1.82) is 0 Å². The molecule has 1 unspecified atom stereocenters. The van der Waals surface area contributed by atoms with Crippen LogP contribution in [0.25, 0.3) is 11.3 Å². The normalized spacial score (nSPS) is 19.2. The highest BCUT2D eigenvalue weighted by Gasteiger charge is 2.36. The lowest BCUT2D eigenvalue weighted by Gasteiger charge is -2.37. The zero-order valence-corrected chi connectivity index (χ0v) is 17.3. The number of nitrogens with zero attached hydrogens (tertiary/aromatic N) is 3. The largest absolute Gasteiger partial charge is 0.497 e. The van der Waals surface area contributed by atoms with E-state index in [1.165, 1.54) is 6.08 Å². The lowest BCUT2D eigenvalue weighted by Crippen LogP contribution is -2.39. The minimum Gasteiger partial charge on any atom is -0.497 e. The number of benzene rings is 1. The van der Waals surface area contributed by atoms with Crippen molar-refractivity contribution in [2.24, 2.45) is 11.7 Å². The third-order valence-corrected chi connectivity index (χ3v) is 6.42. The van der Waals surface area contributed by atoms with E-state index in [9.17, 15) is 9.59 Å².